The second-order valence-electron chi connectivity index (χ2n) is 2.20. The Labute approximate surface area is 73.7 Å². The number of nitrogens with zero attached hydrogens (tertiary/aromatic N) is 1. The Morgan fingerprint density at radius 3 is 2.75 bits per heavy atom. The van der Waals surface area contributed by atoms with Gasteiger partial charge in [0.15, 0.2) is 0 Å². The number of allylic oxidation sites excluding steroid dienone is 3. The van der Waals surface area contributed by atoms with Gasteiger partial charge in [-0.25, -0.2) is 0 Å². The number of thiocarbonyl (C=S) groups is 1. The Balaban J connectivity index is 3.09. The smallest absolute Gasteiger partial charge is 0.277 e. The molecule has 1 aliphatic carbocycles. The highest BCUT2D eigenvalue weighted by molar-refractivity contribution is 7.80. The van der Waals surface area contributed by atoms with Crippen LogP contribution in [0.15, 0.2) is 23.4 Å². The van der Waals surface area contributed by atoms with Crippen molar-refractivity contribution in [2.45, 2.75) is 6.42 Å². The van der Waals surface area contributed by atoms with Gasteiger partial charge < -0.3 is 0 Å². The SMILES string of the molecule is O=[C]C1=C([N+](=O)[O-])C=CC(=S)C1. The predicted molar refractivity (Wildman–Crippen MR) is 46.1 cm³/mol. The number of rotatable bonds is 2. The normalized spacial score (nSPS) is 16.5. The van der Waals surface area contributed by atoms with Crippen LogP contribution in [0, 0.1) is 10.1 Å². The van der Waals surface area contributed by atoms with E-state index in [1.165, 1.54) is 18.4 Å². The quantitative estimate of drug-likeness (QED) is 0.362. The van der Waals surface area contributed by atoms with E-state index < -0.39 is 4.92 Å². The maximum absolute atomic E-state index is 10.3. The molecule has 4 nitrogen and oxygen atoms in total. The topological polar surface area (TPSA) is 60.2 Å². The lowest BCUT2D eigenvalue weighted by molar-refractivity contribution is -0.419. The summed E-state index contributed by atoms with van der Waals surface area (Å²) in [6.45, 7) is 0. The Morgan fingerprint density at radius 1 is 1.58 bits per heavy atom. The molecule has 0 aliphatic heterocycles. The van der Waals surface area contributed by atoms with Gasteiger partial charge in [0.25, 0.3) is 5.70 Å². The average Bonchev–Trinajstić information content (AvgIpc) is 2.03. The third-order valence-corrected chi connectivity index (χ3v) is 1.69. The minimum Gasteiger partial charge on any atom is -0.285 e. The van der Waals surface area contributed by atoms with Gasteiger partial charge in [-0.05, 0) is 6.08 Å². The van der Waals surface area contributed by atoms with Gasteiger partial charge in [0.2, 0.25) is 6.29 Å². The molecule has 61 valence electrons. The van der Waals surface area contributed by atoms with Crippen LogP contribution in [-0.2, 0) is 4.79 Å². The van der Waals surface area contributed by atoms with Gasteiger partial charge in [-0.2, -0.15) is 0 Å². The standard InChI is InChI=1S/C7H4NO3S/c9-4-5-3-6(12)1-2-7(5)8(10)11/h1-2H,3H2. The lowest BCUT2D eigenvalue weighted by Crippen LogP contribution is -2.09. The summed E-state index contributed by atoms with van der Waals surface area (Å²) in [7, 11) is 0. The first kappa shape index (κ1) is 8.73. The first-order valence-electron chi connectivity index (χ1n) is 3.11. The Kier molecular flexibility index (Phi) is 2.44. The van der Waals surface area contributed by atoms with Crippen molar-refractivity contribution in [1.29, 1.82) is 0 Å². The molecule has 0 aromatic rings. The minimum atomic E-state index is -0.613. The molecule has 1 rings (SSSR count). The molecular formula is C7H4NO3S. The van der Waals surface area contributed by atoms with E-state index in [9.17, 15) is 14.9 Å². The lowest BCUT2D eigenvalue weighted by atomic mass is 10.0. The molecule has 0 fully saturated rings. The molecule has 12 heavy (non-hydrogen) atoms. The fourth-order valence-electron chi connectivity index (χ4n) is 0.856. The lowest BCUT2D eigenvalue weighted by Gasteiger charge is -2.03. The summed E-state index contributed by atoms with van der Waals surface area (Å²) >= 11 is 4.77. The molecule has 1 radical (unpaired) electrons. The fraction of sp³-hybridized carbons (Fsp3) is 0.143. The van der Waals surface area contributed by atoms with Crippen LogP contribution in [0.1, 0.15) is 6.42 Å². The van der Waals surface area contributed by atoms with Crippen LogP contribution in [0.25, 0.3) is 0 Å². The monoisotopic (exact) mass is 182 g/mol. The van der Waals surface area contributed by atoms with Crippen LogP contribution < -0.4 is 0 Å². The van der Waals surface area contributed by atoms with E-state index in [4.69, 9.17) is 12.2 Å². The minimum absolute atomic E-state index is 0.0208. The predicted octanol–water partition coefficient (Wildman–Crippen LogP) is 0.957. The van der Waals surface area contributed by atoms with E-state index in [2.05, 4.69) is 0 Å². The highest BCUT2D eigenvalue weighted by Gasteiger charge is 2.20. The number of nitro groups is 1. The van der Waals surface area contributed by atoms with Gasteiger partial charge in [-0.15, -0.1) is 0 Å². The van der Waals surface area contributed by atoms with Crippen molar-refractivity contribution in [1.82, 2.24) is 0 Å². The second kappa shape index (κ2) is 3.36. The molecule has 0 bridgehead atoms. The summed E-state index contributed by atoms with van der Waals surface area (Å²) in [6.07, 6.45) is 4.34. The van der Waals surface area contributed by atoms with Crippen LogP contribution in [0.4, 0.5) is 0 Å². The van der Waals surface area contributed by atoms with Gasteiger partial charge in [0.05, 0.1) is 10.5 Å². The zero-order valence-corrected chi connectivity index (χ0v) is 6.76. The Hall–Kier alpha value is -1.36. The van der Waals surface area contributed by atoms with Crippen molar-refractivity contribution in [3.63, 3.8) is 0 Å². The third kappa shape index (κ3) is 1.62. The van der Waals surface area contributed by atoms with E-state index in [0.717, 1.165) is 0 Å². The molecule has 0 unspecified atom stereocenters. The van der Waals surface area contributed by atoms with E-state index in [0.29, 0.717) is 4.86 Å². The highest BCUT2D eigenvalue weighted by Crippen LogP contribution is 2.15. The maximum atomic E-state index is 10.3. The molecule has 1 aliphatic rings. The molecule has 0 spiro atoms. The molecule has 0 saturated heterocycles. The first-order chi connectivity index (χ1) is 5.65. The summed E-state index contributed by atoms with van der Waals surface area (Å²) in [4.78, 5) is 20.4. The van der Waals surface area contributed by atoms with E-state index in [-0.39, 0.29) is 17.7 Å². The fourth-order valence-corrected chi connectivity index (χ4v) is 1.07. The number of hydrogen-bond donors (Lipinski definition) is 0. The first-order valence-corrected chi connectivity index (χ1v) is 3.52. The molecule has 0 heterocycles. The van der Waals surface area contributed by atoms with Crippen LogP contribution in [-0.4, -0.2) is 16.1 Å². The Morgan fingerprint density at radius 2 is 2.25 bits per heavy atom. The zero-order valence-electron chi connectivity index (χ0n) is 5.94. The van der Waals surface area contributed by atoms with Gasteiger partial charge >= 0.3 is 0 Å². The molecule has 0 atom stereocenters. The third-order valence-electron chi connectivity index (χ3n) is 1.41. The average molecular weight is 182 g/mol. The van der Waals surface area contributed by atoms with Gasteiger partial charge in [-0.3, -0.25) is 14.9 Å². The molecular weight excluding hydrogens is 178 g/mol. The van der Waals surface area contributed by atoms with Crippen molar-refractivity contribution < 1.29 is 9.72 Å². The van der Waals surface area contributed by atoms with Crippen molar-refractivity contribution >= 4 is 23.4 Å². The second-order valence-corrected chi connectivity index (χ2v) is 2.72. The molecule has 0 N–H and O–H groups in total. The van der Waals surface area contributed by atoms with Crippen molar-refractivity contribution in [3.05, 3.63) is 33.5 Å². The number of hydrogen-bond acceptors (Lipinski definition) is 4. The molecule has 0 aromatic heterocycles. The summed E-state index contributed by atoms with van der Waals surface area (Å²) in [5, 5.41) is 10.3. The van der Waals surface area contributed by atoms with E-state index in [1.54, 1.807) is 0 Å². The number of carbonyl (C=O) groups excluding carboxylic acids is 1. The molecule has 0 saturated carbocycles. The van der Waals surface area contributed by atoms with Gasteiger partial charge in [0.1, 0.15) is 0 Å². The van der Waals surface area contributed by atoms with E-state index in [1.807, 2.05) is 0 Å². The van der Waals surface area contributed by atoms with Crippen LogP contribution in [0.5, 0.6) is 0 Å². The van der Waals surface area contributed by atoms with Crippen LogP contribution in [0.3, 0.4) is 0 Å². The van der Waals surface area contributed by atoms with E-state index >= 15 is 0 Å². The molecule has 5 heteroatoms. The van der Waals surface area contributed by atoms with Crippen LogP contribution >= 0.6 is 12.2 Å². The largest absolute Gasteiger partial charge is 0.285 e. The van der Waals surface area contributed by atoms with Gasteiger partial charge in [-0.1, -0.05) is 12.2 Å². The summed E-state index contributed by atoms with van der Waals surface area (Å²) < 4.78 is 0. The highest BCUT2D eigenvalue weighted by atomic mass is 32.1. The van der Waals surface area contributed by atoms with Crippen molar-refractivity contribution in [2.24, 2.45) is 0 Å². The summed E-state index contributed by atoms with van der Waals surface area (Å²) in [5.41, 5.74) is -0.189. The summed E-state index contributed by atoms with van der Waals surface area (Å²) in [6, 6.07) is 0. The molecule has 0 amide bonds. The van der Waals surface area contributed by atoms with Crippen LogP contribution in [0.2, 0.25) is 0 Å². The zero-order chi connectivity index (χ0) is 9.14. The maximum Gasteiger partial charge on any atom is 0.277 e. The van der Waals surface area contributed by atoms with Gasteiger partial charge in [0, 0.05) is 17.4 Å². The summed E-state index contributed by atoms with van der Waals surface area (Å²) in [5.74, 6) is 0. The molecule has 0 aromatic carbocycles. The Bertz CT molecular complexity index is 317. The van der Waals surface area contributed by atoms with Crippen molar-refractivity contribution in [3.8, 4) is 0 Å². The van der Waals surface area contributed by atoms with Crippen molar-refractivity contribution in [2.75, 3.05) is 0 Å².